The molecule has 2 unspecified atom stereocenters. The van der Waals surface area contributed by atoms with Gasteiger partial charge in [-0.05, 0) is 30.0 Å². The molecule has 1 aromatic carbocycles. The number of benzene rings is 1. The van der Waals surface area contributed by atoms with Gasteiger partial charge >= 0.3 is 0 Å². The van der Waals surface area contributed by atoms with Crippen LogP contribution in [0.15, 0.2) is 29.2 Å². The maximum Gasteiger partial charge on any atom is 0.243 e. The van der Waals surface area contributed by atoms with E-state index in [2.05, 4.69) is 0 Å². The number of nitrogens with two attached hydrogens (primary N) is 1. The molecule has 116 valence electrons. The summed E-state index contributed by atoms with van der Waals surface area (Å²) in [5.74, 6) is 0.165. The third-order valence-electron chi connectivity index (χ3n) is 3.93. The molecule has 1 fully saturated rings. The molecule has 1 heterocycles. The number of sulfonamides is 1. The molecule has 0 radical (unpaired) electrons. The predicted octanol–water partition coefficient (Wildman–Crippen LogP) is 0.907. The van der Waals surface area contributed by atoms with Crippen molar-refractivity contribution in [3.63, 3.8) is 0 Å². The molecular formula is C14H20N2O3S2. The van der Waals surface area contributed by atoms with E-state index in [9.17, 15) is 13.5 Å². The number of aliphatic hydroxyl groups excluding tert-OH is 1. The highest BCUT2D eigenvalue weighted by atomic mass is 32.2. The number of hydrogen-bond acceptors (Lipinski definition) is 4. The number of rotatable bonds is 5. The van der Waals surface area contributed by atoms with Crippen molar-refractivity contribution in [1.29, 1.82) is 0 Å². The molecule has 0 aromatic heterocycles. The maximum absolute atomic E-state index is 12.6. The van der Waals surface area contributed by atoms with E-state index in [0.717, 1.165) is 12.0 Å². The number of hydrogen-bond donors (Lipinski definition) is 2. The second-order valence-electron chi connectivity index (χ2n) is 5.42. The van der Waals surface area contributed by atoms with E-state index in [-0.39, 0.29) is 23.5 Å². The molecule has 7 heteroatoms. The fourth-order valence-electron chi connectivity index (χ4n) is 2.66. The van der Waals surface area contributed by atoms with Crippen molar-refractivity contribution in [3.05, 3.63) is 29.8 Å². The summed E-state index contributed by atoms with van der Waals surface area (Å²) < 4.78 is 26.7. The third kappa shape index (κ3) is 3.42. The second kappa shape index (κ2) is 6.39. The lowest BCUT2D eigenvalue weighted by Crippen LogP contribution is -2.39. The summed E-state index contributed by atoms with van der Waals surface area (Å²) in [6, 6.07) is 6.24. The van der Waals surface area contributed by atoms with Gasteiger partial charge < -0.3 is 10.8 Å². The van der Waals surface area contributed by atoms with Crippen molar-refractivity contribution < 1.29 is 13.5 Å². The van der Waals surface area contributed by atoms with Crippen LogP contribution in [0.4, 0.5) is 0 Å². The van der Waals surface area contributed by atoms with E-state index < -0.39 is 10.0 Å². The van der Waals surface area contributed by atoms with Gasteiger partial charge in [-0.2, -0.15) is 4.31 Å². The van der Waals surface area contributed by atoms with Gasteiger partial charge in [0.1, 0.15) is 0 Å². The molecule has 5 nitrogen and oxygen atoms in total. The Bertz CT molecular complexity index is 614. The molecule has 1 saturated heterocycles. The highest BCUT2D eigenvalue weighted by Gasteiger charge is 2.39. The van der Waals surface area contributed by atoms with Crippen LogP contribution >= 0.6 is 12.2 Å². The molecule has 0 bridgehead atoms. The molecule has 3 N–H and O–H groups in total. The van der Waals surface area contributed by atoms with Crippen molar-refractivity contribution in [2.24, 2.45) is 11.7 Å². The lowest BCUT2D eigenvalue weighted by atomic mass is 10.0. The van der Waals surface area contributed by atoms with E-state index in [1.165, 1.54) is 4.31 Å². The van der Waals surface area contributed by atoms with Gasteiger partial charge in [0.05, 0.1) is 22.5 Å². The molecule has 0 amide bonds. The van der Waals surface area contributed by atoms with Crippen molar-refractivity contribution in [2.45, 2.75) is 30.7 Å². The number of aliphatic hydroxyl groups is 1. The Labute approximate surface area is 130 Å². The minimum atomic E-state index is -3.57. The van der Waals surface area contributed by atoms with Gasteiger partial charge in [-0.25, -0.2) is 8.42 Å². The van der Waals surface area contributed by atoms with Crippen LogP contribution in [0.2, 0.25) is 0 Å². The van der Waals surface area contributed by atoms with Crippen LogP contribution in [0.5, 0.6) is 0 Å². The summed E-state index contributed by atoms with van der Waals surface area (Å²) in [6.07, 6.45) is 1.22. The Balaban J connectivity index is 2.25. The van der Waals surface area contributed by atoms with Gasteiger partial charge in [-0.3, -0.25) is 0 Å². The highest BCUT2D eigenvalue weighted by molar-refractivity contribution is 7.89. The lowest BCUT2D eigenvalue weighted by Gasteiger charge is -2.24. The normalized spacial score (nSPS) is 23.3. The largest absolute Gasteiger partial charge is 0.395 e. The number of thiocarbonyl (C=S) groups is 1. The zero-order valence-corrected chi connectivity index (χ0v) is 13.5. The first-order valence-electron chi connectivity index (χ1n) is 6.86. The van der Waals surface area contributed by atoms with E-state index in [4.69, 9.17) is 18.0 Å². The summed E-state index contributed by atoms with van der Waals surface area (Å²) in [4.78, 5) is 0.612. The standard InChI is InChI=1S/C14H20N2O3S2/c1-10-6-7-16(13(10)9-17)21(18,19)12-4-2-11(3-5-12)8-14(15)20/h2-5,10,13,17H,6-9H2,1H3,(H2,15,20). The van der Waals surface area contributed by atoms with Crippen LogP contribution in [-0.4, -0.2) is 42.0 Å². The van der Waals surface area contributed by atoms with Crippen LogP contribution in [0.3, 0.4) is 0 Å². The zero-order valence-electron chi connectivity index (χ0n) is 11.9. The molecular weight excluding hydrogens is 308 g/mol. The van der Waals surface area contributed by atoms with Gasteiger partial charge in [0.15, 0.2) is 0 Å². The topological polar surface area (TPSA) is 83.6 Å². The monoisotopic (exact) mass is 328 g/mol. The smallest absolute Gasteiger partial charge is 0.243 e. The predicted molar refractivity (Wildman–Crippen MR) is 85.5 cm³/mol. The fourth-order valence-corrected chi connectivity index (χ4v) is 4.55. The average Bonchev–Trinajstić information content (AvgIpc) is 2.80. The Morgan fingerprint density at radius 3 is 2.57 bits per heavy atom. The van der Waals surface area contributed by atoms with Crippen LogP contribution in [0, 0.1) is 5.92 Å². The van der Waals surface area contributed by atoms with Crippen LogP contribution in [0.1, 0.15) is 18.9 Å². The zero-order chi connectivity index (χ0) is 15.6. The highest BCUT2D eigenvalue weighted by Crippen LogP contribution is 2.29. The maximum atomic E-state index is 12.6. The Morgan fingerprint density at radius 2 is 2.05 bits per heavy atom. The van der Waals surface area contributed by atoms with Crippen molar-refractivity contribution in [1.82, 2.24) is 4.31 Å². The summed E-state index contributed by atoms with van der Waals surface area (Å²) in [7, 11) is -3.57. The molecule has 1 aliphatic heterocycles. The lowest BCUT2D eigenvalue weighted by molar-refractivity contribution is 0.191. The molecule has 1 aliphatic rings. The van der Waals surface area contributed by atoms with Crippen molar-refractivity contribution in [2.75, 3.05) is 13.2 Å². The van der Waals surface area contributed by atoms with Crippen LogP contribution < -0.4 is 5.73 Å². The quantitative estimate of drug-likeness (QED) is 0.785. The van der Waals surface area contributed by atoms with E-state index in [0.29, 0.717) is 18.0 Å². The Morgan fingerprint density at radius 1 is 1.43 bits per heavy atom. The van der Waals surface area contributed by atoms with Gasteiger partial charge in [0.2, 0.25) is 10.0 Å². The van der Waals surface area contributed by atoms with Gasteiger partial charge in [0, 0.05) is 13.0 Å². The SMILES string of the molecule is CC1CCN(S(=O)(=O)c2ccc(CC(N)=S)cc2)C1CO. The molecule has 21 heavy (non-hydrogen) atoms. The van der Waals surface area contributed by atoms with Gasteiger partial charge in [-0.1, -0.05) is 31.3 Å². The number of nitrogens with zero attached hydrogens (tertiary/aromatic N) is 1. The first-order chi connectivity index (χ1) is 9.86. The Kier molecular flexibility index (Phi) is 4.98. The third-order valence-corrected chi connectivity index (χ3v) is 6.01. The second-order valence-corrected chi connectivity index (χ2v) is 7.83. The minimum absolute atomic E-state index is 0.153. The van der Waals surface area contributed by atoms with E-state index in [1.807, 2.05) is 6.92 Å². The summed E-state index contributed by atoms with van der Waals surface area (Å²) in [5, 5.41) is 9.43. The van der Waals surface area contributed by atoms with Gasteiger partial charge in [-0.15, -0.1) is 0 Å². The van der Waals surface area contributed by atoms with Crippen molar-refractivity contribution in [3.8, 4) is 0 Å². The van der Waals surface area contributed by atoms with Crippen molar-refractivity contribution >= 4 is 27.2 Å². The van der Waals surface area contributed by atoms with Crippen LogP contribution in [0.25, 0.3) is 0 Å². The molecule has 0 saturated carbocycles. The molecule has 0 aliphatic carbocycles. The average molecular weight is 328 g/mol. The first kappa shape index (κ1) is 16.4. The molecule has 1 aromatic rings. The fraction of sp³-hybridized carbons (Fsp3) is 0.500. The first-order valence-corrected chi connectivity index (χ1v) is 8.71. The van der Waals surface area contributed by atoms with E-state index in [1.54, 1.807) is 24.3 Å². The molecule has 2 atom stereocenters. The molecule has 0 spiro atoms. The van der Waals surface area contributed by atoms with Gasteiger partial charge in [0.25, 0.3) is 0 Å². The van der Waals surface area contributed by atoms with E-state index >= 15 is 0 Å². The minimum Gasteiger partial charge on any atom is -0.395 e. The Hall–Kier alpha value is -1.02. The summed E-state index contributed by atoms with van der Waals surface area (Å²) in [5.41, 5.74) is 6.36. The summed E-state index contributed by atoms with van der Waals surface area (Å²) in [6.45, 7) is 2.25. The van der Waals surface area contributed by atoms with Crippen LogP contribution in [-0.2, 0) is 16.4 Å². The molecule has 2 rings (SSSR count). The summed E-state index contributed by atoms with van der Waals surface area (Å²) >= 11 is 4.84.